The summed E-state index contributed by atoms with van der Waals surface area (Å²) >= 11 is 0. The first-order chi connectivity index (χ1) is 11.6. The summed E-state index contributed by atoms with van der Waals surface area (Å²) in [6.07, 6.45) is 3.93. The summed E-state index contributed by atoms with van der Waals surface area (Å²) in [5.41, 5.74) is 1.80. The van der Waals surface area contributed by atoms with Crippen molar-refractivity contribution in [2.45, 2.75) is 38.6 Å². The lowest BCUT2D eigenvalue weighted by molar-refractivity contribution is -0.148. The van der Waals surface area contributed by atoms with E-state index in [4.69, 9.17) is 0 Å². The molecule has 0 spiro atoms. The smallest absolute Gasteiger partial charge is 0.313 e. The third-order valence-corrected chi connectivity index (χ3v) is 5.37. The van der Waals surface area contributed by atoms with Crippen LogP contribution in [0.15, 0.2) is 24.3 Å². The number of piperidine rings is 2. The van der Waals surface area contributed by atoms with Gasteiger partial charge in [0.2, 0.25) is 0 Å². The Bertz CT molecular complexity index is 616. The summed E-state index contributed by atoms with van der Waals surface area (Å²) in [6.45, 7) is 4.76. The molecular formula is C19H27N3O2. The number of carbonyl (C=O) groups is 2. The molecule has 5 nitrogen and oxygen atoms in total. The van der Waals surface area contributed by atoms with E-state index in [2.05, 4.69) is 17.3 Å². The first kappa shape index (κ1) is 17.0. The van der Waals surface area contributed by atoms with E-state index in [0.717, 1.165) is 50.0 Å². The molecule has 2 aliphatic heterocycles. The minimum atomic E-state index is -0.504. The second kappa shape index (κ2) is 7.34. The highest BCUT2D eigenvalue weighted by Gasteiger charge is 2.39. The second-order valence-corrected chi connectivity index (χ2v) is 6.98. The molecule has 2 heterocycles. The summed E-state index contributed by atoms with van der Waals surface area (Å²) in [5, 5.41) is 2.82. The Morgan fingerprint density at radius 3 is 2.79 bits per heavy atom. The van der Waals surface area contributed by atoms with Crippen LogP contribution in [-0.2, 0) is 16.0 Å². The summed E-state index contributed by atoms with van der Waals surface area (Å²) in [5.74, 6) is -0.382. The van der Waals surface area contributed by atoms with Crippen molar-refractivity contribution in [3.63, 3.8) is 0 Å². The van der Waals surface area contributed by atoms with Crippen molar-refractivity contribution in [1.29, 1.82) is 0 Å². The lowest BCUT2D eigenvalue weighted by Gasteiger charge is -2.46. The van der Waals surface area contributed by atoms with Crippen molar-refractivity contribution in [1.82, 2.24) is 9.80 Å². The molecular weight excluding hydrogens is 302 g/mol. The number of amides is 2. The van der Waals surface area contributed by atoms with E-state index >= 15 is 0 Å². The normalized spacial score (nSPS) is 24.3. The van der Waals surface area contributed by atoms with Gasteiger partial charge < -0.3 is 15.1 Å². The van der Waals surface area contributed by atoms with Gasteiger partial charge >= 0.3 is 11.8 Å². The van der Waals surface area contributed by atoms with Crippen LogP contribution in [0, 0.1) is 5.92 Å². The van der Waals surface area contributed by atoms with Crippen molar-refractivity contribution in [3.8, 4) is 0 Å². The van der Waals surface area contributed by atoms with Gasteiger partial charge in [0, 0.05) is 24.8 Å². The van der Waals surface area contributed by atoms with Crippen LogP contribution < -0.4 is 5.32 Å². The molecule has 0 saturated carbocycles. The Morgan fingerprint density at radius 1 is 1.21 bits per heavy atom. The predicted molar refractivity (Wildman–Crippen MR) is 94.8 cm³/mol. The summed E-state index contributed by atoms with van der Waals surface area (Å²) in [6, 6.07) is 7.89. The topological polar surface area (TPSA) is 52.7 Å². The van der Waals surface area contributed by atoms with Crippen LogP contribution in [0.25, 0.3) is 0 Å². The molecule has 0 aromatic heterocycles. The van der Waals surface area contributed by atoms with Gasteiger partial charge in [-0.2, -0.15) is 0 Å². The standard InChI is InChI=1S/C19H27N3O2/c1-3-14-7-4-5-9-16(14)20-18(23)19(24)22-11-6-8-15-13-21(2)12-10-17(15)22/h4-5,7,9,15,17H,3,6,8,10-13H2,1-2H3,(H,20,23)/t15-,17-/m1/s1. The van der Waals surface area contributed by atoms with Gasteiger partial charge in [-0.3, -0.25) is 9.59 Å². The number of hydrogen-bond donors (Lipinski definition) is 1. The molecule has 1 aromatic carbocycles. The maximum Gasteiger partial charge on any atom is 0.313 e. The minimum Gasteiger partial charge on any atom is -0.331 e. The van der Waals surface area contributed by atoms with Crippen LogP contribution in [-0.4, -0.2) is 54.3 Å². The fourth-order valence-electron chi connectivity index (χ4n) is 4.09. The van der Waals surface area contributed by atoms with Crippen molar-refractivity contribution in [2.75, 3.05) is 32.0 Å². The van der Waals surface area contributed by atoms with Gasteiger partial charge in [0.25, 0.3) is 0 Å². The highest BCUT2D eigenvalue weighted by atomic mass is 16.2. The van der Waals surface area contributed by atoms with Crippen LogP contribution in [0.4, 0.5) is 5.69 Å². The largest absolute Gasteiger partial charge is 0.331 e. The molecule has 2 fully saturated rings. The van der Waals surface area contributed by atoms with E-state index in [9.17, 15) is 9.59 Å². The van der Waals surface area contributed by atoms with Crippen molar-refractivity contribution < 1.29 is 9.59 Å². The third kappa shape index (κ3) is 3.46. The maximum absolute atomic E-state index is 12.7. The Morgan fingerprint density at radius 2 is 2.00 bits per heavy atom. The van der Waals surface area contributed by atoms with Gasteiger partial charge in [0.05, 0.1) is 0 Å². The Labute approximate surface area is 144 Å². The Hall–Kier alpha value is -1.88. The molecule has 130 valence electrons. The van der Waals surface area contributed by atoms with Gasteiger partial charge in [0.1, 0.15) is 0 Å². The molecule has 1 N–H and O–H groups in total. The van der Waals surface area contributed by atoms with E-state index in [-0.39, 0.29) is 11.9 Å². The zero-order valence-corrected chi connectivity index (χ0v) is 14.6. The Balaban J connectivity index is 1.70. The van der Waals surface area contributed by atoms with Gasteiger partial charge in [-0.25, -0.2) is 0 Å². The van der Waals surface area contributed by atoms with Crippen LogP contribution in [0.3, 0.4) is 0 Å². The molecule has 24 heavy (non-hydrogen) atoms. The lowest BCUT2D eigenvalue weighted by atomic mass is 9.84. The number of fused-ring (bicyclic) bond motifs is 1. The molecule has 0 radical (unpaired) electrons. The number of para-hydroxylation sites is 1. The van der Waals surface area contributed by atoms with E-state index in [1.54, 1.807) is 0 Å². The molecule has 5 heteroatoms. The molecule has 0 aliphatic carbocycles. The van der Waals surface area contributed by atoms with Crippen molar-refractivity contribution in [2.24, 2.45) is 5.92 Å². The fraction of sp³-hybridized carbons (Fsp3) is 0.579. The van der Waals surface area contributed by atoms with Crippen LogP contribution in [0.5, 0.6) is 0 Å². The molecule has 0 bridgehead atoms. The number of benzene rings is 1. The summed E-state index contributed by atoms with van der Waals surface area (Å²) in [7, 11) is 2.13. The zero-order valence-electron chi connectivity index (χ0n) is 14.6. The number of nitrogens with one attached hydrogen (secondary N) is 1. The monoisotopic (exact) mass is 329 g/mol. The molecule has 2 saturated heterocycles. The quantitative estimate of drug-likeness (QED) is 0.846. The molecule has 2 amide bonds. The van der Waals surface area contributed by atoms with Crippen LogP contribution in [0.2, 0.25) is 0 Å². The average Bonchev–Trinajstić information content (AvgIpc) is 2.60. The van der Waals surface area contributed by atoms with Crippen molar-refractivity contribution in [3.05, 3.63) is 29.8 Å². The summed E-state index contributed by atoms with van der Waals surface area (Å²) < 4.78 is 0. The van der Waals surface area contributed by atoms with E-state index in [0.29, 0.717) is 12.5 Å². The lowest BCUT2D eigenvalue weighted by Crippen LogP contribution is -2.57. The zero-order chi connectivity index (χ0) is 17.1. The first-order valence-electron chi connectivity index (χ1n) is 8.98. The number of likely N-dealkylation sites (tertiary alicyclic amines) is 2. The molecule has 2 atom stereocenters. The molecule has 0 unspecified atom stereocenters. The highest BCUT2D eigenvalue weighted by molar-refractivity contribution is 6.39. The number of aryl methyl sites for hydroxylation is 1. The predicted octanol–water partition coefficient (Wildman–Crippen LogP) is 2.13. The summed E-state index contributed by atoms with van der Waals surface area (Å²) in [4.78, 5) is 29.4. The van der Waals surface area contributed by atoms with Crippen molar-refractivity contribution >= 4 is 17.5 Å². The van der Waals surface area contributed by atoms with Gasteiger partial charge in [-0.05, 0) is 56.8 Å². The second-order valence-electron chi connectivity index (χ2n) is 6.98. The first-order valence-corrected chi connectivity index (χ1v) is 8.98. The number of nitrogens with zero attached hydrogens (tertiary/aromatic N) is 2. The fourth-order valence-corrected chi connectivity index (χ4v) is 4.09. The number of carbonyl (C=O) groups excluding carboxylic acids is 2. The number of anilines is 1. The number of hydrogen-bond acceptors (Lipinski definition) is 3. The average molecular weight is 329 g/mol. The van der Waals surface area contributed by atoms with Gasteiger partial charge in [-0.15, -0.1) is 0 Å². The van der Waals surface area contributed by atoms with Crippen LogP contribution >= 0.6 is 0 Å². The molecule has 2 aliphatic rings. The minimum absolute atomic E-state index is 0.217. The molecule has 1 aromatic rings. The highest BCUT2D eigenvalue weighted by Crippen LogP contribution is 2.30. The third-order valence-electron chi connectivity index (χ3n) is 5.37. The molecule has 3 rings (SSSR count). The van der Waals surface area contributed by atoms with E-state index in [1.165, 1.54) is 0 Å². The van der Waals surface area contributed by atoms with Gasteiger partial charge in [0.15, 0.2) is 0 Å². The van der Waals surface area contributed by atoms with E-state index in [1.807, 2.05) is 36.1 Å². The van der Waals surface area contributed by atoms with Crippen LogP contribution in [0.1, 0.15) is 31.7 Å². The maximum atomic E-state index is 12.7. The Kier molecular flexibility index (Phi) is 5.19. The SMILES string of the molecule is CCc1ccccc1NC(=O)C(=O)N1CCC[C@@H]2CN(C)CC[C@H]21. The van der Waals surface area contributed by atoms with E-state index < -0.39 is 5.91 Å². The van der Waals surface area contributed by atoms with Gasteiger partial charge in [-0.1, -0.05) is 25.1 Å². The number of rotatable bonds is 2.